The summed E-state index contributed by atoms with van der Waals surface area (Å²) >= 11 is 0. The third-order valence-corrected chi connectivity index (χ3v) is 5.08. The largest absolute Gasteiger partial charge is 0.461 e. The normalized spacial score (nSPS) is 16.1. The van der Waals surface area contributed by atoms with Crippen LogP contribution in [0.3, 0.4) is 0 Å². The molecule has 0 aliphatic carbocycles. The molecule has 3 aromatic carbocycles. The summed E-state index contributed by atoms with van der Waals surface area (Å²) in [5.74, 6) is 0.736. The molecule has 4 aromatic rings. The van der Waals surface area contributed by atoms with Crippen molar-refractivity contribution >= 4 is 16.9 Å². The molecule has 2 heterocycles. The van der Waals surface area contributed by atoms with Crippen LogP contribution in [0.4, 0.5) is 0 Å². The lowest BCUT2D eigenvalue weighted by molar-refractivity contribution is -0.169. The summed E-state index contributed by atoms with van der Waals surface area (Å²) in [7, 11) is 0. The van der Waals surface area contributed by atoms with Gasteiger partial charge in [-0.1, -0.05) is 72.8 Å². The van der Waals surface area contributed by atoms with E-state index < -0.39 is 0 Å². The average Bonchev–Trinajstić information content (AvgIpc) is 3.06. The molecule has 132 valence electrons. The molecule has 5 rings (SSSR count). The highest BCUT2D eigenvalue weighted by Gasteiger charge is 2.31. The first-order valence-electron chi connectivity index (χ1n) is 9.14. The van der Waals surface area contributed by atoms with Crippen molar-refractivity contribution in [1.82, 2.24) is 0 Å². The molecule has 3 nitrogen and oxygen atoms in total. The van der Waals surface area contributed by atoms with Gasteiger partial charge < -0.3 is 9.15 Å². The Morgan fingerprint density at radius 2 is 1.41 bits per heavy atom. The van der Waals surface area contributed by atoms with Crippen LogP contribution < -0.4 is 0 Å². The SMILES string of the molecule is O=C1CC(Cc2c(-c3ccc(-c4ccccc4)cc3)oc3ccccc23)O1. The Morgan fingerprint density at radius 3 is 2.15 bits per heavy atom. The monoisotopic (exact) mass is 354 g/mol. The Bertz CT molecular complexity index is 1100. The molecule has 1 aliphatic rings. The predicted molar refractivity (Wildman–Crippen MR) is 105 cm³/mol. The summed E-state index contributed by atoms with van der Waals surface area (Å²) in [6.07, 6.45) is 1.10. The molecule has 0 N–H and O–H groups in total. The van der Waals surface area contributed by atoms with Crippen LogP contribution in [0.2, 0.25) is 0 Å². The lowest BCUT2D eigenvalue weighted by Crippen LogP contribution is -2.34. The van der Waals surface area contributed by atoms with Crippen LogP contribution in [0.15, 0.2) is 83.3 Å². The third-order valence-electron chi connectivity index (χ3n) is 5.08. The summed E-state index contributed by atoms with van der Waals surface area (Å²) in [5.41, 5.74) is 5.36. The van der Waals surface area contributed by atoms with Gasteiger partial charge in [-0.2, -0.15) is 0 Å². The van der Waals surface area contributed by atoms with Gasteiger partial charge in [0.15, 0.2) is 0 Å². The molecule has 0 amide bonds. The van der Waals surface area contributed by atoms with E-state index in [-0.39, 0.29) is 12.1 Å². The highest BCUT2D eigenvalue weighted by atomic mass is 16.6. The average molecular weight is 354 g/mol. The number of carbonyl (C=O) groups excluding carboxylic acids is 1. The van der Waals surface area contributed by atoms with Gasteiger partial charge in [0.25, 0.3) is 0 Å². The van der Waals surface area contributed by atoms with Crippen LogP contribution in [0.1, 0.15) is 12.0 Å². The number of rotatable bonds is 4. The van der Waals surface area contributed by atoms with Crippen molar-refractivity contribution in [3.63, 3.8) is 0 Å². The third kappa shape index (κ3) is 2.91. The fourth-order valence-electron chi connectivity index (χ4n) is 3.68. The predicted octanol–water partition coefficient (Wildman–Crippen LogP) is 5.62. The standard InChI is InChI=1S/C24H18O3/c25-23-15-19(26-23)14-21-20-8-4-5-9-22(20)27-24(21)18-12-10-17(11-13-18)16-6-2-1-3-7-16/h1-13,19H,14-15H2. The minimum atomic E-state index is -0.124. The second kappa shape index (κ2) is 6.44. The summed E-state index contributed by atoms with van der Waals surface area (Å²) in [6.45, 7) is 0. The molecule has 3 heteroatoms. The van der Waals surface area contributed by atoms with Crippen molar-refractivity contribution in [3.8, 4) is 22.5 Å². The smallest absolute Gasteiger partial charge is 0.309 e. The van der Waals surface area contributed by atoms with Crippen molar-refractivity contribution in [2.24, 2.45) is 0 Å². The Hall–Kier alpha value is -3.33. The summed E-state index contributed by atoms with van der Waals surface area (Å²) in [5, 5.41) is 1.09. The first-order chi connectivity index (χ1) is 13.3. The topological polar surface area (TPSA) is 39.4 Å². The van der Waals surface area contributed by atoms with E-state index in [4.69, 9.17) is 9.15 Å². The van der Waals surface area contributed by atoms with Gasteiger partial charge in [-0.3, -0.25) is 4.79 Å². The highest BCUT2D eigenvalue weighted by Crippen LogP contribution is 2.36. The Morgan fingerprint density at radius 1 is 0.778 bits per heavy atom. The van der Waals surface area contributed by atoms with Crippen molar-refractivity contribution < 1.29 is 13.9 Å². The van der Waals surface area contributed by atoms with E-state index in [0.717, 1.165) is 27.9 Å². The number of ether oxygens (including phenoxy) is 1. The zero-order valence-electron chi connectivity index (χ0n) is 14.7. The van der Waals surface area contributed by atoms with Gasteiger partial charge in [0.2, 0.25) is 0 Å². The Kier molecular flexibility index (Phi) is 3.79. The van der Waals surface area contributed by atoms with E-state index in [1.165, 1.54) is 11.1 Å². The summed E-state index contributed by atoms with van der Waals surface area (Å²) < 4.78 is 11.4. The van der Waals surface area contributed by atoms with Crippen LogP contribution >= 0.6 is 0 Å². The van der Waals surface area contributed by atoms with Gasteiger partial charge in [-0.05, 0) is 17.2 Å². The first kappa shape index (κ1) is 15.9. The Balaban J connectivity index is 1.55. The molecule has 1 atom stereocenters. The van der Waals surface area contributed by atoms with E-state index in [1.807, 2.05) is 36.4 Å². The number of furan rings is 1. The van der Waals surface area contributed by atoms with Gasteiger partial charge in [0, 0.05) is 22.9 Å². The van der Waals surface area contributed by atoms with Gasteiger partial charge in [0.05, 0.1) is 6.42 Å². The van der Waals surface area contributed by atoms with E-state index in [1.54, 1.807) is 0 Å². The number of hydrogen-bond donors (Lipinski definition) is 0. The molecule has 1 aromatic heterocycles. The van der Waals surface area contributed by atoms with Gasteiger partial charge >= 0.3 is 5.97 Å². The van der Waals surface area contributed by atoms with Crippen molar-refractivity contribution in [2.75, 3.05) is 0 Å². The highest BCUT2D eigenvalue weighted by molar-refractivity contribution is 5.88. The molecule has 1 fully saturated rings. The molecule has 0 saturated carbocycles. The molecule has 27 heavy (non-hydrogen) atoms. The molecule has 1 unspecified atom stereocenters. The molecule has 0 bridgehead atoms. The zero-order valence-corrected chi connectivity index (χ0v) is 14.7. The molecule has 1 saturated heterocycles. The van der Waals surface area contributed by atoms with Crippen molar-refractivity contribution in [1.29, 1.82) is 0 Å². The number of fused-ring (bicyclic) bond motifs is 1. The molecule has 0 radical (unpaired) electrons. The van der Waals surface area contributed by atoms with E-state index in [2.05, 4.69) is 42.5 Å². The molecular weight excluding hydrogens is 336 g/mol. The molecule has 1 aliphatic heterocycles. The van der Waals surface area contributed by atoms with E-state index in [0.29, 0.717) is 12.8 Å². The number of esters is 1. The second-order valence-corrected chi connectivity index (χ2v) is 6.87. The van der Waals surface area contributed by atoms with Crippen LogP contribution in [0.5, 0.6) is 0 Å². The summed E-state index contributed by atoms with van der Waals surface area (Å²) in [4.78, 5) is 11.2. The maximum atomic E-state index is 11.2. The molecule has 0 spiro atoms. The van der Waals surface area contributed by atoms with Crippen LogP contribution in [-0.4, -0.2) is 12.1 Å². The van der Waals surface area contributed by atoms with Crippen LogP contribution in [-0.2, 0) is 16.0 Å². The van der Waals surface area contributed by atoms with E-state index >= 15 is 0 Å². The first-order valence-corrected chi connectivity index (χ1v) is 9.14. The summed E-state index contributed by atoms with van der Waals surface area (Å²) in [6, 6.07) is 26.8. The quantitative estimate of drug-likeness (QED) is 0.446. The van der Waals surface area contributed by atoms with Crippen molar-refractivity contribution in [2.45, 2.75) is 18.9 Å². The maximum absolute atomic E-state index is 11.2. The zero-order chi connectivity index (χ0) is 18.2. The van der Waals surface area contributed by atoms with Crippen LogP contribution in [0, 0.1) is 0 Å². The minimum Gasteiger partial charge on any atom is -0.461 e. The molecular formula is C24H18O3. The maximum Gasteiger partial charge on any atom is 0.309 e. The fourth-order valence-corrected chi connectivity index (χ4v) is 3.68. The Labute approximate surface area is 157 Å². The van der Waals surface area contributed by atoms with E-state index in [9.17, 15) is 4.79 Å². The number of para-hydroxylation sites is 1. The van der Waals surface area contributed by atoms with Gasteiger partial charge in [0.1, 0.15) is 17.4 Å². The fraction of sp³-hybridized carbons (Fsp3) is 0.125. The number of hydrogen-bond acceptors (Lipinski definition) is 3. The minimum absolute atomic E-state index is 0.0548. The van der Waals surface area contributed by atoms with Crippen LogP contribution in [0.25, 0.3) is 33.4 Å². The number of cyclic esters (lactones) is 1. The lowest BCUT2D eigenvalue weighted by Gasteiger charge is -2.25. The second-order valence-electron chi connectivity index (χ2n) is 6.87. The van der Waals surface area contributed by atoms with Gasteiger partial charge in [-0.15, -0.1) is 0 Å². The number of benzene rings is 3. The number of carbonyl (C=O) groups is 1. The van der Waals surface area contributed by atoms with Crippen molar-refractivity contribution in [3.05, 3.63) is 84.4 Å². The lowest BCUT2D eigenvalue weighted by atomic mass is 9.96. The van der Waals surface area contributed by atoms with Gasteiger partial charge in [-0.25, -0.2) is 0 Å².